The zero-order valence-electron chi connectivity index (χ0n) is 21.4. The minimum Gasteiger partial charge on any atom is -0.497 e. The average Bonchev–Trinajstić information content (AvgIpc) is 3.41. The molecule has 0 atom stereocenters. The summed E-state index contributed by atoms with van der Waals surface area (Å²) < 4.78 is 53.8. The number of fused-ring (bicyclic) bond motifs is 1. The Morgan fingerprint density at radius 1 is 1.05 bits per heavy atom. The van der Waals surface area contributed by atoms with E-state index in [1.807, 2.05) is 0 Å². The Hall–Kier alpha value is -4.02. The molecule has 0 fully saturated rings. The van der Waals surface area contributed by atoms with E-state index in [2.05, 4.69) is 15.7 Å². The summed E-state index contributed by atoms with van der Waals surface area (Å²) in [6.07, 6.45) is -2.23. The number of methoxy groups -OCH3 is 2. The van der Waals surface area contributed by atoms with E-state index < -0.39 is 17.3 Å². The Labute approximate surface area is 217 Å². The van der Waals surface area contributed by atoms with Crippen LogP contribution in [0, 0.1) is 0 Å². The monoisotopic (exact) mass is 530 g/mol. The standard InChI is InChI=1S/C27H29F3N4O4/c1-31-24(35)8-5-11-32-17-9-10-22(27(28,29)30)23(14-17)34-26(36)21-7-4-6-20(21)25(33-34)16-12-18(37-2)15-19(13-16)38-3/h9-10,12-15,32H,4-8,11H2,1-3H3,(H,31,35). The molecule has 0 radical (unpaired) electrons. The lowest BCUT2D eigenvalue weighted by atomic mass is 10.0. The molecule has 3 aromatic rings. The number of amides is 1. The lowest BCUT2D eigenvalue weighted by Gasteiger charge is -2.18. The maximum absolute atomic E-state index is 14.1. The van der Waals surface area contributed by atoms with E-state index in [9.17, 15) is 22.8 Å². The Balaban J connectivity index is 1.85. The number of carbonyl (C=O) groups excluding carboxylic acids is 1. The summed E-state index contributed by atoms with van der Waals surface area (Å²) in [5.74, 6) is 0.852. The predicted octanol–water partition coefficient (Wildman–Crippen LogP) is 4.36. The third kappa shape index (κ3) is 5.61. The summed E-state index contributed by atoms with van der Waals surface area (Å²) in [6, 6.07) is 8.63. The highest BCUT2D eigenvalue weighted by molar-refractivity contribution is 5.75. The van der Waals surface area contributed by atoms with Gasteiger partial charge in [0.25, 0.3) is 5.56 Å². The molecule has 4 rings (SSSR count). The number of rotatable bonds is 9. The molecule has 0 spiro atoms. The largest absolute Gasteiger partial charge is 0.497 e. The number of alkyl halides is 3. The van der Waals surface area contributed by atoms with Crippen molar-refractivity contribution >= 4 is 11.6 Å². The number of hydrogen-bond donors (Lipinski definition) is 2. The Morgan fingerprint density at radius 2 is 1.74 bits per heavy atom. The van der Waals surface area contributed by atoms with E-state index in [0.29, 0.717) is 66.2 Å². The van der Waals surface area contributed by atoms with Crippen LogP contribution in [0.4, 0.5) is 18.9 Å². The second kappa shape index (κ2) is 11.2. The van der Waals surface area contributed by atoms with E-state index in [-0.39, 0.29) is 18.0 Å². The van der Waals surface area contributed by atoms with Gasteiger partial charge >= 0.3 is 6.18 Å². The fourth-order valence-corrected chi connectivity index (χ4v) is 4.58. The van der Waals surface area contributed by atoms with Crippen molar-refractivity contribution in [2.24, 2.45) is 0 Å². The van der Waals surface area contributed by atoms with Crippen molar-refractivity contribution in [1.29, 1.82) is 0 Å². The zero-order valence-corrected chi connectivity index (χ0v) is 21.4. The number of ether oxygens (including phenoxy) is 2. The highest BCUT2D eigenvalue weighted by Gasteiger charge is 2.35. The molecule has 11 heteroatoms. The second-order valence-corrected chi connectivity index (χ2v) is 8.91. The first-order chi connectivity index (χ1) is 18.2. The molecule has 0 saturated heterocycles. The van der Waals surface area contributed by atoms with Crippen molar-refractivity contribution in [3.63, 3.8) is 0 Å². The Bertz CT molecular complexity index is 1380. The van der Waals surface area contributed by atoms with Crippen LogP contribution < -0.4 is 25.7 Å². The number of nitrogens with one attached hydrogen (secondary N) is 2. The fourth-order valence-electron chi connectivity index (χ4n) is 4.58. The molecule has 1 aromatic heterocycles. The van der Waals surface area contributed by atoms with Gasteiger partial charge in [0.2, 0.25) is 5.91 Å². The van der Waals surface area contributed by atoms with E-state index in [1.54, 1.807) is 18.2 Å². The molecular weight excluding hydrogens is 501 g/mol. The van der Waals surface area contributed by atoms with Gasteiger partial charge in [-0.2, -0.15) is 23.0 Å². The maximum atomic E-state index is 14.1. The van der Waals surface area contributed by atoms with Crippen molar-refractivity contribution in [3.05, 3.63) is 63.4 Å². The molecule has 1 amide bonds. The van der Waals surface area contributed by atoms with Gasteiger partial charge in [0.15, 0.2) is 0 Å². The van der Waals surface area contributed by atoms with Crippen LogP contribution >= 0.6 is 0 Å². The van der Waals surface area contributed by atoms with Crippen molar-refractivity contribution < 1.29 is 27.4 Å². The van der Waals surface area contributed by atoms with Crippen LogP contribution in [0.25, 0.3) is 16.9 Å². The molecule has 1 heterocycles. The Morgan fingerprint density at radius 3 is 2.37 bits per heavy atom. The van der Waals surface area contributed by atoms with Crippen LogP contribution in [-0.2, 0) is 23.8 Å². The highest BCUT2D eigenvalue weighted by atomic mass is 19.4. The highest BCUT2D eigenvalue weighted by Crippen LogP contribution is 2.37. The van der Waals surface area contributed by atoms with Crippen molar-refractivity contribution in [1.82, 2.24) is 15.1 Å². The van der Waals surface area contributed by atoms with Crippen LogP contribution in [0.1, 0.15) is 36.0 Å². The molecule has 8 nitrogen and oxygen atoms in total. The van der Waals surface area contributed by atoms with Crippen molar-refractivity contribution in [2.45, 2.75) is 38.3 Å². The van der Waals surface area contributed by atoms with Gasteiger partial charge in [-0.1, -0.05) is 0 Å². The van der Waals surface area contributed by atoms with Gasteiger partial charge in [-0.25, -0.2) is 0 Å². The predicted molar refractivity (Wildman–Crippen MR) is 137 cm³/mol. The number of halogens is 3. The summed E-state index contributed by atoms with van der Waals surface area (Å²) >= 11 is 0. The molecule has 202 valence electrons. The van der Waals surface area contributed by atoms with Crippen LogP contribution in [-0.4, -0.2) is 43.5 Å². The van der Waals surface area contributed by atoms with Crippen LogP contribution in [0.15, 0.2) is 41.2 Å². The fraction of sp³-hybridized carbons (Fsp3) is 0.370. The maximum Gasteiger partial charge on any atom is 0.418 e. The number of benzene rings is 2. The van der Waals surface area contributed by atoms with Gasteiger partial charge in [0.05, 0.1) is 31.2 Å². The summed E-state index contributed by atoms with van der Waals surface area (Å²) in [4.78, 5) is 24.9. The van der Waals surface area contributed by atoms with Crippen LogP contribution in [0.5, 0.6) is 11.5 Å². The SMILES string of the molecule is CNC(=O)CCCNc1ccc(C(F)(F)F)c(-n2nc(-c3cc(OC)cc(OC)c3)c3c(c2=O)CCC3)c1. The molecule has 0 saturated carbocycles. The average molecular weight is 531 g/mol. The quantitative estimate of drug-likeness (QED) is 0.400. The molecule has 1 aliphatic carbocycles. The minimum atomic E-state index is -4.72. The first kappa shape index (κ1) is 27.0. The molecule has 0 aliphatic heterocycles. The summed E-state index contributed by atoms with van der Waals surface area (Å²) in [5.41, 5.74) is 0.616. The van der Waals surface area contributed by atoms with Gasteiger partial charge in [0, 0.05) is 42.9 Å². The molecular formula is C27H29F3N4O4. The smallest absolute Gasteiger partial charge is 0.418 e. The summed E-state index contributed by atoms with van der Waals surface area (Å²) in [6.45, 7) is 0.361. The van der Waals surface area contributed by atoms with Crippen molar-refractivity contribution in [3.8, 4) is 28.4 Å². The van der Waals surface area contributed by atoms with Gasteiger partial charge in [-0.3, -0.25) is 9.59 Å². The van der Waals surface area contributed by atoms with E-state index >= 15 is 0 Å². The van der Waals surface area contributed by atoms with Gasteiger partial charge in [0.1, 0.15) is 11.5 Å². The number of nitrogens with zero attached hydrogens (tertiary/aromatic N) is 2. The van der Waals surface area contributed by atoms with Crippen molar-refractivity contribution in [2.75, 3.05) is 33.1 Å². The van der Waals surface area contributed by atoms with Crippen LogP contribution in [0.2, 0.25) is 0 Å². The minimum absolute atomic E-state index is 0.129. The lowest BCUT2D eigenvalue weighted by molar-refractivity contribution is -0.137. The molecule has 2 aromatic carbocycles. The number of carbonyl (C=O) groups is 1. The summed E-state index contributed by atoms with van der Waals surface area (Å²) in [5, 5.41) is 10.1. The topological polar surface area (TPSA) is 94.5 Å². The normalized spacial score (nSPS) is 12.7. The zero-order chi connectivity index (χ0) is 27.4. The van der Waals surface area contributed by atoms with Crippen LogP contribution in [0.3, 0.4) is 0 Å². The lowest BCUT2D eigenvalue weighted by Crippen LogP contribution is -2.28. The number of aromatic nitrogens is 2. The van der Waals surface area contributed by atoms with E-state index in [1.165, 1.54) is 33.4 Å². The molecule has 2 N–H and O–H groups in total. The number of anilines is 1. The van der Waals surface area contributed by atoms with E-state index in [0.717, 1.165) is 16.3 Å². The summed E-state index contributed by atoms with van der Waals surface area (Å²) in [7, 11) is 4.54. The van der Waals surface area contributed by atoms with Gasteiger partial charge in [-0.15, -0.1) is 0 Å². The molecule has 1 aliphatic rings. The van der Waals surface area contributed by atoms with E-state index in [4.69, 9.17) is 9.47 Å². The first-order valence-electron chi connectivity index (χ1n) is 12.2. The second-order valence-electron chi connectivity index (χ2n) is 8.91. The Kier molecular flexibility index (Phi) is 7.94. The molecule has 38 heavy (non-hydrogen) atoms. The van der Waals surface area contributed by atoms with Gasteiger partial charge < -0.3 is 20.1 Å². The first-order valence-corrected chi connectivity index (χ1v) is 12.2. The third-order valence-electron chi connectivity index (χ3n) is 6.50. The number of hydrogen-bond acceptors (Lipinski definition) is 6. The van der Waals surface area contributed by atoms with Gasteiger partial charge in [-0.05, 0) is 61.6 Å². The molecule has 0 unspecified atom stereocenters. The molecule has 0 bridgehead atoms. The third-order valence-corrected chi connectivity index (χ3v) is 6.50.